The highest BCUT2D eigenvalue weighted by molar-refractivity contribution is 6.30. The van der Waals surface area contributed by atoms with Crippen molar-refractivity contribution in [1.29, 1.82) is 0 Å². The van der Waals surface area contributed by atoms with Crippen LogP contribution in [-0.2, 0) is 0 Å². The predicted octanol–water partition coefficient (Wildman–Crippen LogP) is 4.46. The van der Waals surface area contributed by atoms with Crippen molar-refractivity contribution in [2.45, 2.75) is 46.6 Å². The first kappa shape index (κ1) is 15.5. The van der Waals surface area contributed by atoms with Crippen LogP contribution in [0.3, 0.4) is 0 Å². The maximum atomic E-state index is 5.89. The highest BCUT2D eigenvalue weighted by atomic mass is 35.5. The quantitative estimate of drug-likeness (QED) is 0.790. The molecule has 102 valence electrons. The van der Waals surface area contributed by atoms with Gasteiger partial charge in [-0.3, -0.25) is 4.98 Å². The molecule has 2 unspecified atom stereocenters. The first-order valence-electron chi connectivity index (χ1n) is 6.87. The summed E-state index contributed by atoms with van der Waals surface area (Å²) in [5, 5.41) is 4.22. The Kier molecular flexibility index (Phi) is 6.66. The molecule has 0 saturated heterocycles. The first-order chi connectivity index (χ1) is 8.52. The van der Waals surface area contributed by atoms with Crippen LogP contribution in [0, 0.1) is 11.8 Å². The van der Waals surface area contributed by atoms with Crippen LogP contribution in [0.1, 0.15) is 52.3 Å². The second-order valence-corrected chi connectivity index (χ2v) is 5.92. The molecular weight excluding hydrogens is 244 g/mol. The van der Waals surface area contributed by atoms with E-state index in [1.807, 2.05) is 12.1 Å². The van der Waals surface area contributed by atoms with Crippen molar-refractivity contribution in [1.82, 2.24) is 10.3 Å². The fraction of sp³-hybridized carbons (Fsp3) is 0.667. The lowest BCUT2D eigenvalue weighted by Crippen LogP contribution is -2.24. The summed E-state index contributed by atoms with van der Waals surface area (Å²) in [7, 11) is 0. The molecule has 1 aromatic rings. The number of pyridine rings is 1. The zero-order chi connectivity index (χ0) is 13.5. The van der Waals surface area contributed by atoms with Crippen molar-refractivity contribution in [2.24, 2.45) is 11.8 Å². The standard InChI is InChI=1S/C15H25ClN2/c1-5-17-15(9-12(4)8-11(2)3)14-7-6-13(16)10-18-14/h6-7,10-12,15,17H,5,8-9H2,1-4H3. The van der Waals surface area contributed by atoms with Crippen molar-refractivity contribution in [2.75, 3.05) is 6.54 Å². The lowest BCUT2D eigenvalue weighted by atomic mass is 9.91. The summed E-state index contributed by atoms with van der Waals surface area (Å²) in [6.07, 6.45) is 4.12. The Morgan fingerprint density at radius 1 is 1.22 bits per heavy atom. The summed E-state index contributed by atoms with van der Waals surface area (Å²) in [5.41, 5.74) is 1.09. The summed E-state index contributed by atoms with van der Waals surface area (Å²) in [4.78, 5) is 4.43. The van der Waals surface area contributed by atoms with E-state index in [9.17, 15) is 0 Å². The van der Waals surface area contributed by atoms with Crippen LogP contribution >= 0.6 is 11.6 Å². The summed E-state index contributed by atoms with van der Waals surface area (Å²) in [6, 6.07) is 4.28. The van der Waals surface area contributed by atoms with Crippen LogP contribution in [0.25, 0.3) is 0 Å². The van der Waals surface area contributed by atoms with Gasteiger partial charge >= 0.3 is 0 Å². The van der Waals surface area contributed by atoms with E-state index in [1.165, 1.54) is 6.42 Å². The molecule has 1 heterocycles. The fourth-order valence-electron chi connectivity index (χ4n) is 2.45. The average molecular weight is 269 g/mol. The molecule has 18 heavy (non-hydrogen) atoms. The number of nitrogens with zero attached hydrogens (tertiary/aromatic N) is 1. The average Bonchev–Trinajstić information content (AvgIpc) is 2.28. The molecule has 0 radical (unpaired) electrons. The second-order valence-electron chi connectivity index (χ2n) is 5.48. The van der Waals surface area contributed by atoms with Crippen molar-refractivity contribution < 1.29 is 0 Å². The summed E-state index contributed by atoms with van der Waals surface area (Å²) < 4.78 is 0. The third-order valence-corrected chi connectivity index (χ3v) is 3.29. The smallest absolute Gasteiger partial charge is 0.0589 e. The minimum Gasteiger partial charge on any atom is -0.309 e. The van der Waals surface area contributed by atoms with Crippen molar-refractivity contribution in [3.63, 3.8) is 0 Å². The number of hydrogen-bond acceptors (Lipinski definition) is 2. The minimum absolute atomic E-state index is 0.334. The number of nitrogens with one attached hydrogen (secondary N) is 1. The van der Waals surface area contributed by atoms with Gasteiger partial charge in [0.1, 0.15) is 0 Å². The van der Waals surface area contributed by atoms with E-state index in [4.69, 9.17) is 11.6 Å². The van der Waals surface area contributed by atoms with Gasteiger partial charge in [0.2, 0.25) is 0 Å². The van der Waals surface area contributed by atoms with Gasteiger partial charge in [0.15, 0.2) is 0 Å². The lowest BCUT2D eigenvalue weighted by Gasteiger charge is -2.22. The summed E-state index contributed by atoms with van der Waals surface area (Å²) in [6.45, 7) is 9.97. The van der Waals surface area contributed by atoms with E-state index in [0.29, 0.717) is 17.0 Å². The Morgan fingerprint density at radius 3 is 2.44 bits per heavy atom. The zero-order valence-corrected chi connectivity index (χ0v) is 12.7. The van der Waals surface area contributed by atoms with E-state index < -0.39 is 0 Å². The minimum atomic E-state index is 0.334. The molecule has 1 N–H and O–H groups in total. The van der Waals surface area contributed by atoms with Crippen LogP contribution in [0.4, 0.5) is 0 Å². The third-order valence-electron chi connectivity index (χ3n) is 3.07. The molecule has 1 rings (SSSR count). The van der Waals surface area contributed by atoms with Gasteiger partial charge in [-0.2, -0.15) is 0 Å². The van der Waals surface area contributed by atoms with E-state index in [1.54, 1.807) is 6.20 Å². The van der Waals surface area contributed by atoms with Gasteiger partial charge in [-0.15, -0.1) is 0 Å². The summed E-state index contributed by atoms with van der Waals surface area (Å²) in [5.74, 6) is 1.45. The number of rotatable bonds is 7. The topological polar surface area (TPSA) is 24.9 Å². The molecule has 2 atom stereocenters. The number of aromatic nitrogens is 1. The van der Waals surface area contributed by atoms with Crippen LogP contribution in [0.15, 0.2) is 18.3 Å². The molecule has 0 aliphatic heterocycles. The Balaban J connectivity index is 2.67. The van der Waals surface area contributed by atoms with Crippen molar-refractivity contribution in [3.8, 4) is 0 Å². The first-order valence-corrected chi connectivity index (χ1v) is 7.25. The third kappa shape index (κ3) is 5.36. The summed E-state index contributed by atoms with van der Waals surface area (Å²) >= 11 is 5.89. The van der Waals surface area contributed by atoms with E-state index in [2.05, 4.69) is 38.0 Å². The Morgan fingerprint density at radius 2 is 1.94 bits per heavy atom. The Hall–Kier alpha value is -0.600. The molecule has 3 heteroatoms. The van der Waals surface area contributed by atoms with Gasteiger partial charge in [0.05, 0.1) is 10.7 Å². The molecule has 0 amide bonds. The molecule has 0 saturated carbocycles. The molecule has 2 nitrogen and oxygen atoms in total. The van der Waals surface area contributed by atoms with Gasteiger partial charge in [0.25, 0.3) is 0 Å². The maximum absolute atomic E-state index is 5.89. The zero-order valence-electron chi connectivity index (χ0n) is 11.9. The molecular formula is C15H25ClN2. The molecule has 0 bridgehead atoms. The molecule has 0 aromatic carbocycles. The maximum Gasteiger partial charge on any atom is 0.0589 e. The van der Waals surface area contributed by atoms with Crippen LogP contribution in [0.2, 0.25) is 5.02 Å². The van der Waals surface area contributed by atoms with Gasteiger partial charge in [-0.25, -0.2) is 0 Å². The highest BCUT2D eigenvalue weighted by Gasteiger charge is 2.16. The molecule has 0 spiro atoms. The van der Waals surface area contributed by atoms with Gasteiger partial charge < -0.3 is 5.32 Å². The number of hydrogen-bond donors (Lipinski definition) is 1. The van der Waals surface area contributed by atoms with Gasteiger partial charge in [0, 0.05) is 12.2 Å². The lowest BCUT2D eigenvalue weighted by molar-refractivity contribution is 0.356. The SMILES string of the molecule is CCNC(CC(C)CC(C)C)c1ccc(Cl)cn1. The van der Waals surface area contributed by atoms with Crippen LogP contribution in [-0.4, -0.2) is 11.5 Å². The molecule has 0 aliphatic carbocycles. The number of halogens is 1. The van der Waals surface area contributed by atoms with Crippen LogP contribution < -0.4 is 5.32 Å². The van der Waals surface area contributed by atoms with Crippen molar-refractivity contribution >= 4 is 11.6 Å². The Bertz CT molecular complexity index is 335. The van der Waals surface area contributed by atoms with Crippen LogP contribution in [0.5, 0.6) is 0 Å². The predicted molar refractivity (Wildman–Crippen MR) is 78.9 cm³/mol. The molecule has 0 fully saturated rings. The fourth-order valence-corrected chi connectivity index (χ4v) is 2.56. The van der Waals surface area contributed by atoms with Crippen molar-refractivity contribution in [3.05, 3.63) is 29.0 Å². The Labute approximate surface area is 116 Å². The van der Waals surface area contributed by atoms with E-state index in [-0.39, 0.29) is 0 Å². The largest absolute Gasteiger partial charge is 0.309 e. The normalized spacial score (nSPS) is 14.8. The van der Waals surface area contributed by atoms with Gasteiger partial charge in [-0.05, 0) is 43.4 Å². The van der Waals surface area contributed by atoms with E-state index in [0.717, 1.165) is 24.6 Å². The molecule has 0 aliphatic rings. The second kappa shape index (κ2) is 7.75. The van der Waals surface area contributed by atoms with Gasteiger partial charge in [-0.1, -0.05) is 39.3 Å². The van der Waals surface area contributed by atoms with E-state index >= 15 is 0 Å². The monoisotopic (exact) mass is 268 g/mol. The molecule has 1 aromatic heterocycles. The highest BCUT2D eigenvalue weighted by Crippen LogP contribution is 2.24.